The molecule has 0 aliphatic heterocycles. The van der Waals surface area contributed by atoms with E-state index in [2.05, 4.69) is 15.8 Å². The molecule has 1 aromatic heterocycles. The summed E-state index contributed by atoms with van der Waals surface area (Å²) in [6.07, 6.45) is 3.95. The average molecular weight is 379 g/mol. The van der Waals surface area contributed by atoms with Crippen molar-refractivity contribution in [2.24, 2.45) is 5.92 Å². The monoisotopic (exact) mass is 379 g/mol. The normalized spacial score (nSPS) is 13.1. The average Bonchev–Trinajstić information content (AvgIpc) is 2.62. The Kier molecular flexibility index (Phi) is 9.07. The van der Waals surface area contributed by atoms with E-state index in [1.54, 1.807) is 39.1 Å². The van der Waals surface area contributed by atoms with Gasteiger partial charge in [-0.05, 0) is 44.4 Å². The van der Waals surface area contributed by atoms with Gasteiger partial charge in [-0.25, -0.2) is 10.3 Å². The second-order valence-corrected chi connectivity index (χ2v) is 7.09. The van der Waals surface area contributed by atoms with Crippen molar-refractivity contribution in [3.63, 3.8) is 0 Å². The molecule has 0 radical (unpaired) electrons. The van der Waals surface area contributed by atoms with Crippen LogP contribution in [0.1, 0.15) is 45.9 Å². The first-order chi connectivity index (χ1) is 12.6. The fourth-order valence-corrected chi connectivity index (χ4v) is 1.74. The molecule has 0 bridgehead atoms. The Bertz CT molecular complexity index is 641. The standard InChI is InChI=1S/C19H29N3O5/c1-13(2)12-26-14(3)27-22-17(23)9-8-16-7-6-15(10-20-16)11-21-19(4,5)18(24)25/h6-10,13-14,21H,11-12H2,1-5H3,(H,22,23)(H,24,25). The molecule has 0 aliphatic rings. The number of aliphatic carboxylic acids is 1. The zero-order valence-corrected chi connectivity index (χ0v) is 16.5. The predicted molar refractivity (Wildman–Crippen MR) is 101 cm³/mol. The summed E-state index contributed by atoms with van der Waals surface area (Å²) in [7, 11) is 0. The lowest BCUT2D eigenvalue weighted by atomic mass is 10.1. The number of hydrogen-bond donors (Lipinski definition) is 3. The van der Waals surface area contributed by atoms with E-state index in [0.717, 1.165) is 5.56 Å². The molecule has 1 unspecified atom stereocenters. The quantitative estimate of drug-likeness (QED) is 0.307. The molecule has 3 N–H and O–H groups in total. The molecular formula is C19H29N3O5. The molecule has 0 aromatic carbocycles. The Hall–Kier alpha value is -2.29. The van der Waals surface area contributed by atoms with E-state index in [4.69, 9.17) is 14.7 Å². The Morgan fingerprint density at radius 1 is 1.30 bits per heavy atom. The van der Waals surface area contributed by atoms with Crippen molar-refractivity contribution < 1.29 is 24.3 Å². The van der Waals surface area contributed by atoms with Gasteiger partial charge in [-0.2, -0.15) is 0 Å². The maximum atomic E-state index is 11.7. The SMILES string of the molecule is CC(C)COC(C)ONC(=O)C=Cc1ccc(CNC(C)(C)C(=O)O)cn1. The molecule has 1 amide bonds. The molecule has 1 rings (SSSR count). The number of carboxylic acids is 1. The predicted octanol–water partition coefficient (Wildman–Crippen LogP) is 2.11. The van der Waals surface area contributed by atoms with Gasteiger partial charge in [-0.3, -0.25) is 19.9 Å². The maximum absolute atomic E-state index is 11.7. The summed E-state index contributed by atoms with van der Waals surface area (Å²) < 4.78 is 5.38. The lowest BCUT2D eigenvalue weighted by Crippen LogP contribution is -2.46. The number of rotatable bonds is 11. The van der Waals surface area contributed by atoms with Crippen molar-refractivity contribution >= 4 is 18.0 Å². The first-order valence-corrected chi connectivity index (χ1v) is 8.79. The minimum atomic E-state index is -1.02. The van der Waals surface area contributed by atoms with Crippen LogP contribution >= 0.6 is 0 Å². The van der Waals surface area contributed by atoms with Gasteiger partial charge < -0.3 is 9.84 Å². The van der Waals surface area contributed by atoms with Gasteiger partial charge in [0.25, 0.3) is 5.91 Å². The smallest absolute Gasteiger partial charge is 0.323 e. The summed E-state index contributed by atoms with van der Waals surface area (Å²) in [5.41, 5.74) is 2.70. The van der Waals surface area contributed by atoms with Crippen molar-refractivity contribution in [3.05, 3.63) is 35.7 Å². The topological polar surface area (TPSA) is 110 Å². The van der Waals surface area contributed by atoms with Crippen molar-refractivity contribution in [2.75, 3.05) is 6.61 Å². The van der Waals surface area contributed by atoms with E-state index in [-0.39, 0.29) is 0 Å². The number of carbonyl (C=O) groups excluding carboxylic acids is 1. The molecule has 0 saturated heterocycles. The van der Waals surface area contributed by atoms with Gasteiger partial charge in [0.05, 0.1) is 12.3 Å². The lowest BCUT2D eigenvalue weighted by Gasteiger charge is -2.20. The van der Waals surface area contributed by atoms with Crippen molar-refractivity contribution in [2.45, 2.75) is 53.0 Å². The number of nitrogens with one attached hydrogen (secondary N) is 2. The summed E-state index contributed by atoms with van der Waals surface area (Å²) in [6.45, 7) is 9.85. The zero-order valence-electron chi connectivity index (χ0n) is 16.5. The van der Waals surface area contributed by atoms with E-state index in [1.807, 2.05) is 19.9 Å². The number of aromatic nitrogens is 1. The largest absolute Gasteiger partial charge is 0.480 e. The molecule has 1 aromatic rings. The van der Waals surface area contributed by atoms with E-state index >= 15 is 0 Å². The summed E-state index contributed by atoms with van der Waals surface area (Å²) >= 11 is 0. The van der Waals surface area contributed by atoms with Gasteiger partial charge in [-0.15, -0.1) is 0 Å². The van der Waals surface area contributed by atoms with Crippen LogP contribution in [0.25, 0.3) is 6.08 Å². The van der Waals surface area contributed by atoms with E-state index in [1.165, 1.54) is 6.08 Å². The molecule has 0 spiro atoms. The number of pyridine rings is 1. The number of carbonyl (C=O) groups is 2. The third-order valence-corrected chi connectivity index (χ3v) is 3.51. The molecule has 8 heteroatoms. The molecule has 0 fully saturated rings. The number of hydrogen-bond acceptors (Lipinski definition) is 6. The summed E-state index contributed by atoms with van der Waals surface area (Å²) in [5.74, 6) is -0.969. The fourth-order valence-electron chi connectivity index (χ4n) is 1.74. The van der Waals surface area contributed by atoms with Crippen LogP contribution < -0.4 is 10.8 Å². The number of ether oxygens (including phenoxy) is 1. The fraction of sp³-hybridized carbons (Fsp3) is 0.526. The highest BCUT2D eigenvalue weighted by molar-refractivity contribution is 5.90. The van der Waals surface area contributed by atoms with Crippen LogP contribution in [0, 0.1) is 5.92 Å². The van der Waals surface area contributed by atoms with Crippen LogP contribution in [0.3, 0.4) is 0 Å². The summed E-state index contributed by atoms with van der Waals surface area (Å²) in [4.78, 5) is 32.1. The minimum absolute atomic E-state index is 0.374. The molecule has 1 atom stereocenters. The van der Waals surface area contributed by atoms with Crippen molar-refractivity contribution in [3.8, 4) is 0 Å². The van der Waals surface area contributed by atoms with Gasteiger partial charge in [-0.1, -0.05) is 19.9 Å². The molecular weight excluding hydrogens is 350 g/mol. The first kappa shape index (κ1) is 22.8. The third kappa shape index (κ3) is 9.28. The lowest BCUT2D eigenvalue weighted by molar-refractivity contribution is -0.180. The molecule has 0 aliphatic carbocycles. The van der Waals surface area contributed by atoms with Gasteiger partial charge in [0, 0.05) is 18.8 Å². The highest BCUT2D eigenvalue weighted by Crippen LogP contribution is 2.07. The van der Waals surface area contributed by atoms with E-state index in [0.29, 0.717) is 24.8 Å². The van der Waals surface area contributed by atoms with E-state index < -0.39 is 23.7 Å². The Labute approximate surface area is 159 Å². The maximum Gasteiger partial charge on any atom is 0.323 e. The van der Waals surface area contributed by atoms with Crippen LogP contribution in [0.5, 0.6) is 0 Å². The van der Waals surface area contributed by atoms with Gasteiger partial charge in [0.1, 0.15) is 5.54 Å². The minimum Gasteiger partial charge on any atom is -0.480 e. The van der Waals surface area contributed by atoms with Crippen LogP contribution in [0.15, 0.2) is 24.4 Å². The summed E-state index contributed by atoms with van der Waals surface area (Å²) in [5, 5.41) is 12.0. The van der Waals surface area contributed by atoms with Gasteiger partial charge in [0.15, 0.2) is 6.29 Å². The van der Waals surface area contributed by atoms with Crippen LogP contribution in [-0.2, 0) is 25.7 Å². The molecule has 150 valence electrons. The van der Waals surface area contributed by atoms with Gasteiger partial charge >= 0.3 is 5.97 Å². The Morgan fingerprint density at radius 2 is 2.00 bits per heavy atom. The van der Waals surface area contributed by atoms with E-state index in [9.17, 15) is 9.59 Å². The molecule has 8 nitrogen and oxygen atoms in total. The summed E-state index contributed by atoms with van der Waals surface area (Å²) in [6, 6.07) is 3.55. The number of nitrogens with zero attached hydrogens (tertiary/aromatic N) is 1. The van der Waals surface area contributed by atoms with Crippen LogP contribution in [0.4, 0.5) is 0 Å². The highest BCUT2D eigenvalue weighted by atomic mass is 16.8. The number of hydroxylamine groups is 1. The van der Waals surface area contributed by atoms with Crippen LogP contribution in [0.2, 0.25) is 0 Å². The van der Waals surface area contributed by atoms with Crippen molar-refractivity contribution in [1.29, 1.82) is 0 Å². The Balaban J connectivity index is 2.43. The zero-order chi connectivity index (χ0) is 20.4. The molecule has 27 heavy (non-hydrogen) atoms. The number of carboxylic acid groups (broad SMARTS) is 1. The highest BCUT2D eigenvalue weighted by Gasteiger charge is 2.25. The molecule has 0 saturated carbocycles. The van der Waals surface area contributed by atoms with Crippen LogP contribution in [-0.4, -0.2) is 40.4 Å². The van der Waals surface area contributed by atoms with Gasteiger partial charge in [0.2, 0.25) is 0 Å². The second kappa shape index (κ2) is 10.8. The Morgan fingerprint density at radius 3 is 2.56 bits per heavy atom. The van der Waals surface area contributed by atoms with Crippen molar-refractivity contribution in [1.82, 2.24) is 15.8 Å². The second-order valence-electron chi connectivity index (χ2n) is 7.09. The third-order valence-electron chi connectivity index (χ3n) is 3.51. The molecule has 1 heterocycles. The first-order valence-electron chi connectivity index (χ1n) is 8.79. The number of amides is 1.